The van der Waals surface area contributed by atoms with Crippen molar-refractivity contribution in [2.24, 2.45) is 5.92 Å². The molecule has 6 heteroatoms. The summed E-state index contributed by atoms with van der Waals surface area (Å²) in [6, 6.07) is 9.83. The van der Waals surface area contributed by atoms with Gasteiger partial charge in [0, 0.05) is 6.61 Å². The van der Waals surface area contributed by atoms with Crippen molar-refractivity contribution in [1.29, 1.82) is 0 Å². The fourth-order valence-corrected chi connectivity index (χ4v) is 2.11. The summed E-state index contributed by atoms with van der Waals surface area (Å²) in [6.45, 7) is 3.85. The molecule has 2 N–H and O–H groups in total. The third-order valence-electron chi connectivity index (χ3n) is 3.37. The van der Waals surface area contributed by atoms with Gasteiger partial charge in [0.25, 0.3) is 0 Å². The van der Waals surface area contributed by atoms with Crippen LogP contribution in [0.2, 0.25) is 0 Å². The molecular weight excluding hydrogens is 254 g/mol. The van der Waals surface area contributed by atoms with Crippen LogP contribution in [-0.2, 0) is 6.54 Å². The van der Waals surface area contributed by atoms with Crippen molar-refractivity contribution < 1.29 is 5.11 Å². The van der Waals surface area contributed by atoms with Gasteiger partial charge in [-0.3, -0.25) is 0 Å². The van der Waals surface area contributed by atoms with Crippen molar-refractivity contribution in [3.05, 3.63) is 36.2 Å². The van der Waals surface area contributed by atoms with E-state index in [0.29, 0.717) is 12.5 Å². The van der Waals surface area contributed by atoms with Crippen LogP contribution in [0.5, 0.6) is 0 Å². The molecule has 2 rings (SSSR count). The van der Waals surface area contributed by atoms with Crippen LogP contribution < -0.4 is 5.32 Å². The van der Waals surface area contributed by atoms with Crippen molar-refractivity contribution >= 4 is 0 Å². The van der Waals surface area contributed by atoms with Gasteiger partial charge in [-0.05, 0) is 41.4 Å². The molecule has 108 valence electrons. The van der Waals surface area contributed by atoms with Crippen LogP contribution in [0.3, 0.4) is 0 Å². The van der Waals surface area contributed by atoms with E-state index in [9.17, 15) is 0 Å². The minimum Gasteiger partial charge on any atom is -0.396 e. The minimum absolute atomic E-state index is 0.238. The smallest absolute Gasteiger partial charge is 0.170 e. The molecule has 2 aromatic rings. The highest BCUT2D eigenvalue weighted by Gasteiger charge is 2.09. The van der Waals surface area contributed by atoms with Crippen LogP contribution in [0.1, 0.15) is 25.6 Å². The van der Waals surface area contributed by atoms with Crippen LogP contribution in [0.4, 0.5) is 0 Å². The number of tetrazole rings is 1. The van der Waals surface area contributed by atoms with E-state index in [2.05, 4.69) is 27.8 Å². The van der Waals surface area contributed by atoms with E-state index in [-0.39, 0.29) is 6.61 Å². The summed E-state index contributed by atoms with van der Waals surface area (Å²) in [5.74, 6) is 1.27. The van der Waals surface area contributed by atoms with Gasteiger partial charge >= 0.3 is 0 Å². The van der Waals surface area contributed by atoms with Crippen LogP contribution in [-0.4, -0.2) is 38.5 Å². The van der Waals surface area contributed by atoms with Crippen LogP contribution in [0.15, 0.2) is 30.3 Å². The topological polar surface area (TPSA) is 75.9 Å². The first-order chi connectivity index (χ1) is 9.85. The molecule has 0 aliphatic rings. The van der Waals surface area contributed by atoms with Gasteiger partial charge in [0.15, 0.2) is 5.82 Å². The highest BCUT2D eigenvalue weighted by Crippen LogP contribution is 2.08. The number of aliphatic hydroxyl groups excluding tert-OH is 1. The summed E-state index contributed by atoms with van der Waals surface area (Å²) in [5.41, 5.74) is 0.955. The Labute approximate surface area is 118 Å². The van der Waals surface area contributed by atoms with Gasteiger partial charge in [-0.15, -0.1) is 5.10 Å². The van der Waals surface area contributed by atoms with E-state index in [1.807, 2.05) is 30.3 Å². The molecule has 1 unspecified atom stereocenters. The van der Waals surface area contributed by atoms with Crippen LogP contribution in [0, 0.1) is 5.92 Å². The SMILES string of the molecule is CCC(CCO)CNCc1nnnn1-c1ccccc1. The van der Waals surface area contributed by atoms with Crippen LogP contribution in [0.25, 0.3) is 5.69 Å². The zero-order valence-corrected chi connectivity index (χ0v) is 11.7. The molecule has 1 atom stereocenters. The number of aromatic nitrogens is 4. The molecule has 20 heavy (non-hydrogen) atoms. The van der Waals surface area contributed by atoms with E-state index < -0.39 is 0 Å². The van der Waals surface area contributed by atoms with Gasteiger partial charge < -0.3 is 10.4 Å². The summed E-state index contributed by atoms with van der Waals surface area (Å²) < 4.78 is 1.74. The number of para-hydroxylation sites is 1. The number of nitrogens with one attached hydrogen (secondary N) is 1. The summed E-state index contributed by atoms with van der Waals surface area (Å²) >= 11 is 0. The first-order valence-corrected chi connectivity index (χ1v) is 6.99. The zero-order valence-electron chi connectivity index (χ0n) is 11.7. The minimum atomic E-state index is 0.238. The number of nitrogens with zero attached hydrogens (tertiary/aromatic N) is 4. The van der Waals surface area contributed by atoms with Gasteiger partial charge in [0.1, 0.15) is 0 Å². The zero-order chi connectivity index (χ0) is 14.2. The predicted octanol–water partition coefficient (Wildman–Crippen LogP) is 1.16. The Balaban J connectivity index is 1.93. The van der Waals surface area contributed by atoms with Gasteiger partial charge in [-0.25, -0.2) is 0 Å². The van der Waals surface area contributed by atoms with Crippen molar-refractivity contribution in [3.63, 3.8) is 0 Å². The Kier molecular flexibility index (Phi) is 5.64. The molecule has 0 radical (unpaired) electrons. The van der Waals surface area contributed by atoms with Gasteiger partial charge in [-0.2, -0.15) is 4.68 Å². The second-order valence-corrected chi connectivity index (χ2v) is 4.76. The molecule has 0 saturated carbocycles. The molecule has 1 aromatic heterocycles. The van der Waals surface area contributed by atoms with Gasteiger partial charge in [0.2, 0.25) is 0 Å². The van der Waals surface area contributed by atoms with Gasteiger partial charge in [-0.1, -0.05) is 31.5 Å². The summed E-state index contributed by atoms with van der Waals surface area (Å²) in [4.78, 5) is 0. The lowest BCUT2D eigenvalue weighted by Crippen LogP contribution is -2.24. The second kappa shape index (κ2) is 7.72. The predicted molar refractivity (Wildman–Crippen MR) is 76.3 cm³/mol. The lowest BCUT2D eigenvalue weighted by molar-refractivity contribution is 0.251. The Bertz CT molecular complexity index is 499. The Morgan fingerprint density at radius 1 is 1.30 bits per heavy atom. The van der Waals surface area contributed by atoms with E-state index in [0.717, 1.165) is 30.9 Å². The van der Waals surface area contributed by atoms with E-state index >= 15 is 0 Å². The van der Waals surface area contributed by atoms with Crippen molar-refractivity contribution in [2.75, 3.05) is 13.2 Å². The molecule has 0 saturated heterocycles. The average Bonchev–Trinajstić information content (AvgIpc) is 2.95. The summed E-state index contributed by atoms with van der Waals surface area (Å²) in [5, 5.41) is 24.1. The quantitative estimate of drug-likeness (QED) is 0.756. The lowest BCUT2D eigenvalue weighted by atomic mass is 10.0. The number of aliphatic hydroxyl groups is 1. The highest BCUT2D eigenvalue weighted by atomic mass is 16.3. The molecule has 1 heterocycles. The maximum atomic E-state index is 8.98. The standard InChI is InChI=1S/C14H21N5O/c1-2-12(8-9-20)10-15-11-14-16-17-18-19(14)13-6-4-3-5-7-13/h3-7,12,15,20H,2,8-11H2,1H3. The molecule has 0 amide bonds. The van der Waals surface area contributed by atoms with E-state index in [4.69, 9.17) is 5.11 Å². The van der Waals surface area contributed by atoms with Gasteiger partial charge in [0.05, 0.1) is 12.2 Å². The Hall–Kier alpha value is -1.79. The van der Waals surface area contributed by atoms with Crippen LogP contribution >= 0.6 is 0 Å². The fraction of sp³-hybridized carbons (Fsp3) is 0.500. The third kappa shape index (κ3) is 3.85. The molecular formula is C14H21N5O. The summed E-state index contributed by atoms with van der Waals surface area (Å²) in [6.07, 6.45) is 1.88. The number of hydrogen-bond donors (Lipinski definition) is 2. The molecule has 0 aliphatic carbocycles. The maximum absolute atomic E-state index is 8.98. The Morgan fingerprint density at radius 3 is 2.80 bits per heavy atom. The highest BCUT2D eigenvalue weighted by molar-refractivity contribution is 5.30. The second-order valence-electron chi connectivity index (χ2n) is 4.76. The van der Waals surface area contributed by atoms with Crippen molar-refractivity contribution in [2.45, 2.75) is 26.3 Å². The van der Waals surface area contributed by atoms with E-state index in [1.54, 1.807) is 4.68 Å². The molecule has 0 bridgehead atoms. The normalized spacial score (nSPS) is 12.5. The molecule has 0 fully saturated rings. The monoisotopic (exact) mass is 275 g/mol. The number of hydrogen-bond acceptors (Lipinski definition) is 5. The maximum Gasteiger partial charge on any atom is 0.170 e. The third-order valence-corrected chi connectivity index (χ3v) is 3.37. The first-order valence-electron chi connectivity index (χ1n) is 6.99. The number of benzene rings is 1. The van der Waals surface area contributed by atoms with Crippen molar-refractivity contribution in [1.82, 2.24) is 25.5 Å². The molecule has 6 nitrogen and oxygen atoms in total. The first kappa shape index (κ1) is 14.6. The van der Waals surface area contributed by atoms with Crippen molar-refractivity contribution in [3.8, 4) is 5.69 Å². The largest absolute Gasteiger partial charge is 0.396 e. The average molecular weight is 275 g/mol. The Morgan fingerprint density at radius 2 is 2.10 bits per heavy atom. The summed E-state index contributed by atoms with van der Waals surface area (Å²) in [7, 11) is 0. The van der Waals surface area contributed by atoms with E-state index in [1.165, 1.54) is 0 Å². The molecule has 0 spiro atoms. The lowest BCUT2D eigenvalue weighted by Gasteiger charge is -2.14. The fourth-order valence-electron chi connectivity index (χ4n) is 2.11. The molecule has 1 aromatic carbocycles. The number of rotatable bonds is 8. The molecule has 0 aliphatic heterocycles.